The number of hydrogen-bond donors (Lipinski definition) is 1. The molecule has 0 bridgehead atoms. The van der Waals surface area contributed by atoms with Crippen molar-refractivity contribution >= 4 is 11.8 Å². The molecule has 1 aromatic rings. The Labute approximate surface area is 125 Å². The predicted octanol–water partition coefficient (Wildman–Crippen LogP) is 3.00. The van der Waals surface area contributed by atoms with Gasteiger partial charge in [0.05, 0.1) is 6.61 Å². The normalized spacial score (nSPS) is 24.5. The highest BCUT2D eigenvalue weighted by Gasteiger charge is 2.22. The minimum absolute atomic E-state index is 0.286. The maximum atomic E-state index is 5.86. The molecule has 2 aliphatic rings. The summed E-state index contributed by atoms with van der Waals surface area (Å²) in [6.45, 7) is 5.73. The lowest BCUT2D eigenvalue weighted by molar-refractivity contribution is 0.254. The Bertz CT molecular complexity index is 472. The minimum atomic E-state index is 0.286. The molecule has 2 unspecified atom stereocenters. The van der Waals surface area contributed by atoms with E-state index in [9.17, 15) is 0 Å². The van der Waals surface area contributed by atoms with Crippen molar-refractivity contribution in [2.75, 3.05) is 18.1 Å². The van der Waals surface area contributed by atoms with Crippen molar-refractivity contribution in [3.05, 3.63) is 23.3 Å². The molecule has 2 aliphatic heterocycles. The monoisotopic (exact) mass is 293 g/mol. The number of hydrogen-bond acceptors (Lipinski definition) is 4. The Balaban J connectivity index is 1.75. The standard InChI is InChI=1S/C16H23NO2S/c1-3-18-15-7-12-6-11(2)19-16(12)8-13(15)9-17-14-4-5-20-10-14/h7-8,11,14,17H,3-6,9-10H2,1-2H3. The van der Waals surface area contributed by atoms with Crippen molar-refractivity contribution in [1.29, 1.82) is 0 Å². The van der Waals surface area contributed by atoms with E-state index in [1.165, 1.54) is 29.1 Å². The van der Waals surface area contributed by atoms with E-state index < -0.39 is 0 Å². The van der Waals surface area contributed by atoms with Gasteiger partial charge < -0.3 is 14.8 Å². The van der Waals surface area contributed by atoms with Crippen LogP contribution >= 0.6 is 11.8 Å². The molecule has 2 atom stereocenters. The van der Waals surface area contributed by atoms with Crippen LogP contribution in [0.3, 0.4) is 0 Å². The van der Waals surface area contributed by atoms with Crippen LogP contribution in [0.4, 0.5) is 0 Å². The largest absolute Gasteiger partial charge is 0.494 e. The van der Waals surface area contributed by atoms with Gasteiger partial charge in [-0.1, -0.05) is 0 Å². The third-order valence-corrected chi connectivity index (χ3v) is 5.05. The van der Waals surface area contributed by atoms with Crippen LogP contribution in [0, 0.1) is 0 Å². The summed E-state index contributed by atoms with van der Waals surface area (Å²) in [6.07, 6.45) is 2.55. The van der Waals surface area contributed by atoms with Crippen molar-refractivity contribution < 1.29 is 9.47 Å². The fourth-order valence-electron chi connectivity index (χ4n) is 2.86. The number of rotatable bonds is 5. The van der Waals surface area contributed by atoms with E-state index in [1.807, 2.05) is 18.7 Å². The van der Waals surface area contributed by atoms with Crippen LogP contribution in [-0.4, -0.2) is 30.3 Å². The average Bonchev–Trinajstić information content (AvgIpc) is 3.04. The van der Waals surface area contributed by atoms with Gasteiger partial charge in [-0.05, 0) is 38.2 Å². The SMILES string of the molecule is CCOc1cc2c(cc1CNC1CCSC1)OC(C)C2. The topological polar surface area (TPSA) is 30.5 Å². The maximum absolute atomic E-state index is 5.86. The van der Waals surface area contributed by atoms with Gasteiger partial charge >= 0.3 is 0 Å². The van der Waals surface area contributed by atoms with Crippen LogP contribution in [0.5, 0.6) is 11.5 Å². The van der Waals surface area contributed by atoms with Crippen LogP contribution in [0.25, 0.3) is 0 Å². The van der Waals surface area contributed by atoms with Gasteiger partial charge in [-0.2, -0.15) is 11.8 Å². The second-order valence-corrected chi connectivity index (χ2v) is 6.72. The molecular formula is C16H23NO2S. The molecule has 1 fully saturated rings. The first-order valence-electron chi connectivity index (χ1n) is 7.52. The Morgan fingerprint density at radius 1 is 1.45 bits per heavy atom. The lowest BCUT2D eigenvalue weighted by Crippen LogP contribution is -2.28. The molecule has 0 aromatic heterocycles. The quantitative estimate of drug-likeness (QED) is 0.904. The summed E-state index contributed by atoms with van der Waals surface area (Å²) < 4.78 is 11.7. The fourth-order valence-corrected chi connectivity index (χ4v) is 4.05. The van der Waals surface area contributed by atoms with E-state index >= 15 is 0 Å². The molecule has 1 aromatic carbocycles. The first kappa shape index (κ1) is 14.1. The van der Waals surface area contributed by atoms with Crippen molar-refractivity contribution in [3.63, 3.8) is 0 Å². The average molecular weight is 293 g/mol. The van der Waals surface area contributed by atoms with Gasteiger partial charge in [0.1, 0.15) is 17.6 Å². The third kappa shape index (κ3) is 3.07. The number of ether oxygens (including phenoxy) is 2. The zero-order chi connectivity index (χ0) is 13.9. The second-order valence-electron chi connectivity index (χ2n) is 5.57. The number of fused-ring (bicyclic) bond motifs is 1. The van der Waals surface area contributed by atoms with E-state index in [0.717, 1.165) is 24.5 Å². The summed E-state index contributed by atoms with van der Waals surface area (Å²) >= 11 is 2.03. The van der Waals surface area contributed by atoms with Gasteiger partial charge in [-0.3, -0.25) is 0 Å². The van der Waals surface area contributed by atoms with E-state index in [4.69, 9.17) is 9.47 Å². The summed E-state index contributed by atoms with van der Waals surface area (Å²) in [4.78, 5) is 0. The van der Waals surface area contributed by atoms with Crippen molar-refractivity contribution in [2.45, 2.75) is 45.4 Å². The van der Waals surface area contributed by atoms with Crippen LogP contribution in [0.15, 0.2) is 12.1 Å². The minimum Gasteiger partial charge on any atom is -0.494 e. The molecule has 1 N–H and O–H groups in total. The molecule has 0 saturated carbocycles. The van der Waals surface area contributed by atoms with E-state index in [1.54, 1.807) is 0 Å². The molecule has 3 nitrogen and oxygen atoms in total. The van der Waals surface area contributed by atoms with Crippen LogP contribution < -0.4 is 14.8 Å². The molecule has 0 radical (unpaired) electrons. The zero-order valence-corrected chi connectivity index (χ0v) is 13.1. The third-order valence-electron chi connectivity index (χ3n) is 3.89. The molecule has 0 aliphatic carbocycles. The zero-order valence-electron chi connectivity index (χ0n) is 12.3. The van der Waals surface area contributed by atoms with Crippen LogP contribution in [0.2, 0.25) is 0 Å². The van der Waals surface area contributed by atoms with Crippen LogP contribution in [0.1, 0.15) is 31.4 Å². The maximum Gasteiger partial charge on any atom is 0.124 e. The highest BCUT2D eigenvalue weighted by atomic mass is 32.2. The van der Waals surface area contributed by atoms with Gasteiger partial charge in [-0.25, -0.2) is 0 Å². The first-order chi connectivity index (χ1) is 9.76. The second kappa shape index (κ2) is 6.27. The molecule has 4 heteroatoms. The van der Waals surface area contributed by atoms with Gasteiger partial charge in [0.25, 0.3) is 0 Å². The Morgan fingerprint density at radius 2 is 2.35 bits per heavy atom. The van der Waals surface area contributed by atoms with Crippen molar-refractivity contribution in [1.82, 2.24) is 5.32 Å². The molecule has 110 valence electrons. The lowest BCUT2D eigenvalue weighted by atomic mass is 10.1. The molecular weight excluding hydrogens is 270 g/mol. The lowest BCUT2D eigenvalue weighted by Gasteiger charge is -2.16. The summed E-state index contributed by atoms with van der Waals surface area (Å²) in [5.74, 6) is 4.56. The Kier molecular flexibility index (Phi) is 4.41. The Hall–Kier alpha value is -0.870. The molecule has 20 heavy (non-hydrogen) atoms. The fraction of sp³-hybridized carbons (Fsp3) is 0.625. The number of benzene rings is 1. The molecule has 0 spiro atoms. The molecule has 0 amide bonds. The Morgan fingerprint density at radius 3 is 3.10 bits per heavy atom. The summed E-state index contributed by atoms with van der Waals surface area (Å²) in [5, 5.41) is 3.64. The smallest absolute Gasteiger partial charge is 0.124 e. The van der Waals surface area contributed by atoms with E-state index in [0.29, 0.717) is 12.6 Å². The van der Waals surface area contributed by atoms with Crippen molar-refractivity contribution in [3.8, 4) is 11.5 Å². The van der Waals surface area contributed by atoms with Gasteiger partial charge in [0, 0.05) is 35.9 Å². The van der Waals surface area contributed by atoms with E-state index in [-0.39, 0.29) is 6.10 Å². The molecule has 1 saturated heterocycles. The molecule has 3 rings (SSSR count). The number of thioether (sulfide) groups is 1. The highest BCUT2D eigenvalue weighted by molar-refractivity contribution is 7.99. The van der Waals surface area contributed by atoms with Crippen LogP contribution in [-0.2, 0) is 13.0 Å². The van der Waals surface area contributed by atoms with Gasteiger partial charge in [0.2, 0.25) is 0 Å². The van der Waals surface area contributed by atoms with E-state index in [2.05, 4.69) is 24.4 Å². The summed E-state index contributed by atoms with van der Waals surface area (Å²) in [6, 6.07) is 4.98. The van der Waals surface area contributed by atoms with Crippen molar-refractivity contribution in [2.24, 2.45) is 0 Å². The molecule has 2 heterocycles. The summed E-state index contributed by atoms with van der Waals surface area (Å²) in [5.41, 5.74) is 2.50. The van der Waals surface area contributed by atoms with Gasteiger partial charge in [-0.15, -0.1) is 0 Å². The predicted molar refractivity (Wildman–Crippen MR) is 84.0 cm³/mol. The first-order valence-corrected chi connectivity index (χ1v) is 8.68. The van der Waals surface area contributed by atoms with Gasteiger partial charge in [0.15, 0.2) is 0 Å². The summed E-state index contributed by atoms with van der Waals surface area (Å²) in [7, 11) is 0. The number of nitrogens with one attached hydrogen (secondary N) is 1. The highest BCUT2D eigenvalue weighted by Crippen LogP contribution is 2.35.